The van der Waals surface area contributed by atoms with Crippen LogP contribution < -0.4 is 0 Å². The fourth-order valence-corrected chi connectivity index (χ4v) is 1.06. The van der Waals surface area contributed by atoms with Crippen LogP contribution in [0.2, 0.25) is 0 Å². The summed E-state index contributed by atoms with van der Waals surface area (Å²) < 4.78 is 14.8. The molecule has 0 bridgehead atoms. The smallest absolute Gasteiger partial charge is 0.356 e. The van der Waals surface area contributed by atoms with Crippen molar-refractivity contribution in [2.45, 2.75) is 18.9 Å². The second-order valence-corrected chi connectivity index (χ2v) is 3.65. The monoisotopic (exact) mass is 193 g/mol. The van der Waals surface area contributed by atoms with Crippen LogP contribution in [0.5, 0.6) is 0 Å². The second-order valence-electron chi connectivity index (χ2n) is 1.94. The van der Waals surface area contributed by atoms with E-state index < -0.39 is 19.5 Å². The third-order valence-electron chi connectivity index (χ3n) is 1.14. The van der Waals surface area contributed by atoms with Crippen LogP contribution in [0.3, 0.4) is 0 Å². The Hall–Kier alpha value is 1.07. The molecule has 0 saturated carbocycles. The summed E-state index contributed by atoms with van der Waals surface area (Å²) in [5.74, 6) is -1.72. The third kappa shape index (κ3) is 5.33. The first-order valence-electron chi connectivity index (χ1n) is 2.65. The molecule has 7 heteroatoms. The predicted octanol–water partition coefficient (Wildman–Crippen LogP) is -0.863. The van der Waals surface area contributed by atoms with Crippen molar-refractivity contribution in [3.05, 3.63) is 0 Å². The molecule has 63 valence electrons. The number of rotatable bonds is 3. The largest absolute Gasteiger partial charge is 0.378 e. The van der Waals surface area contributed by atoms with Crippen LogP contribution in [0.25, 0.3) is 0 Å². The third-order valence-corrected chi connectivity index (χ3v) is 2.25. The van der Waals surface area contributed by atoms with E-state index in [0.717, 1.165) is 0 Å². The maximum absolute atomic E-state index is 10.3. The molecule has 0 rings (SSSR count). The minimum atomic E-state index is -4.40. The minimum absolute atomic E-state index is 0. The van der Waals surface area contributed by atoms with Gasteiger partial charge in [-0.25, -0.2) is 0 Å². The summed E-state index contributed by atoms with van der Waals surface area (Å²) in [6, 6.07) is 0. The summed E-state index contributed by atoms with van der Waals surface area (Å²) in [6.07, 6.45) is -0.846. The van der Waals surface area contributed by atoms with Crippen molar-refractivity contribution in [1.82, 2.24) is 0 Å². The fourth-order valence-electron chi connectivity index (χ4n) is 0.395. The molecule has 2 unspecified atom stereocenters. The molecule has 0 fully saturated rings. The van der Waals surface area contributed by atoms with Crippen molar-refractivity contribution in [1.29, 1.82) is 0 Å². The topological polar surface area (TPSA) is 87.0 Å². The molecule has 0 aromatic rings. The predicted molar refractivity (Wildman–Crippen MR) is 40.3 cm³/mol. The van der Waals surface area contributed by atoms with Gasteiger partial charge in [0.2, 0.25) is 0 Å². The average Bonchev–Trinajstić information content (AvgIpc) is 1.83. The normalized spacial score (nSPS) is 16.8. The Bertz CT molecular complexity index is 145. The molecule has 0 aromatic carbocycles. The van der Waals surface area contributed by atoms with E-state index in [1.165, 1.54) is 14.0 Å². The van der Waals surface area contributed by atoms with Crippen LogP contribution in [-0.4, -0.2) is 63.5 Å². The molecule has 0 heterocycles. The van der Waals surface area contributed by atoms with Gasteiger partial charge in [0.05, 0.1) is 6.10 Å². The number of aliphatic hydroxyl groups excluding tert-OH is 1. The van der Waals surface area contributed by atoms with Gasteiger partial charge in [0, 0.05) is 36.7 Å². The van der Waals surface area contributed by atoms with Gasteiger partial charge in [0.1, 0.15) is 0 Å². The van der Waals surface area contributed by atoms with E-state index in [1.807, 2.05) is 0 Å². The number of hydrogen-bond acceptors (Lipinski definition) is 3. The van der Waals surface area contributed by atoms with Crippen molar-refractivity contribution < 1.29 is 24.2 Å². The first-order chi connectivity index (χ1) is 4.39. The number of ether oxygens (including phenoxy) is 1. The maximum atomic E-state index is 10.3. The molecular formula is C4H11NaO5P. The van der Waals surface area contributed by atoms with Crippen LogP contribution in [0.15, 0.2) is 0 Å². The summed E-state index contributed by atoms with van der Waals surface area (Å²) in [4.78, 5) is 16.7. The zero-order valence-corrected chi connectivity index (χ0v) is 9.65. The molecule has 0 spiro atoms. The van der Waals surface area contributed by atoms with E-state index in [9.17, 15) is 4.57 Å². The van der Waals surface area contributed by atoms with E-state index in [4.69, 9.17) is 14.9 Å². The summed E-state index contributed by atoms with van der Waals surface area (Å²) in [7, 11) is -3.13. The minimum Gasteiger partial charge on any atom is -0.378 e. The van der Waals surface area contributed by atoms with E-state index in [0.29, 0.717) is 0 Å². The molecule has 0 aliphatic rings. The SMILES string of the molecule is COC(C)C(O)P(=O)(O)O.[Na]. The van der Waals surface area contributed by atoms with Gasteiger partial charge < -0.3 is 19.6 Å². The van der Waals surface area contributed by atoms with E-state index in [2.05, 4.69) is 4.74 Å². The Morgan fingerprint density at radius 2 is 1.82 bits per heavy atom. The van der Waals surface area contributed by atoms with Gasteiger partial charge in [0.25, 0.3) is 0 Å². The van der Waals surface area contributed by atoms with Gasteiger partial charge in [-0.15, -0.1) is 0 Å². The zero-order chi connectivity index (χ0) is 8.36. The second kappa shape index (κ2) is 5.67. The Kier molecular flexibility index (Phi) is 7.52. The van der Waals surface area contributed by atoms with Gasteiger partial charge in [-0.05, 0) is 6.92 Å². The van der Waals surface area contributed by atoms with E-state index in [-0.39, 0.29) is 29.6 Å². The number of hydrogen-bond donors (Lipinski definition) is 3. The molecule has 3 N–H and O–H groups in total. The van der Waals surface area contributed by atoms with Crippen LogP contribution in [0.1, 0.15) is 6.92 Å². The summed E-state index contributed by atoms with van der Waals surface area (Å²) in [6.45, 7) is 1.38. The van der Waals surface area contributed by atoms with Gasteiger partial charge in [-0.2, -0.15) is 0 Å². The van der Waals surface area contributed by atoms with Crippen molar-refractivity contribution >= 4 is 37.2 Å². The van der Waals surface area contributed by atoms with Gasteiger partial charge in [0.15, 0.2) is 5.85 Å². The van der Waals surface area contributed by atoms with Crippen molar-refractivity contribution in [2.24, 2.45) is 0 Å². The first-order valence-corrected chi connectivity index (χ1v) is 4.34. The fraction of sp³-hybridized carbons (Fsp3) is 1.00. The molecule has 0 aromatic heterocycles. The average molecular weight is 193 g/mol. The molecule has 0 aliphatic carbocycles. The molecule has 11 heavy (non-hydrogen) atoms. The van der Waals surface area contributed by atoms with E-state index in [1.54, 1.807) is 0 Å². The van der Waals surface area contributed by atoms with Crippen LogP contribution >= 0.6 is 7.60 Å². The Balaban J connectivity index is 0. The zero-order valence-electron chi connectivity index (χ0n) is 6.76. The van der Waals surface area contributed by atoms with Crippen molar-refractivity contribution in [3.63, 3.8) is 0 Å². The summed E-state index contributed by atoms with van der Waals surface area (Å²) >= 11 is 0. The number of aliphatic hydroxyl groups is 1. The molecule has 0 amide bonds. The van der Waals surface area contributed by atoms with Crippen LogP contribution in [0.4, 0.5) is 0 Å². The maximum Gasteiger partial charge on any atom is 0.356 e. The molecular weight excluding hydrogens is 182 g/mol. The van der Waals surface area contributed by atoms with Crippen molar-refractivity contribution in [2.75, 3.05) is 7.11 Å². The molecule has 0 aliphatic heterocycles. The van der Waals surface area contributed by atoms with Crippen LogP contribution in [-0.2, 0) is 9.30 Å². The van der Waals surface area contributed by atoms with Crippen molar-refractivity contribution in [3.8, 4) is 0 Å². The Morgan fingerprint density at radius 3 is 1.91 bits per heavy atom. The standard InChI is InChI=1S/C4H11O5P.Na/c1-3(9-2)4(5)10(6,7)8;/h3-5H,1-2H3,(H2,6,7,8);. The summed E-state index contributed by atoms with van der Waals surface area (Å²) in [5.41, 5.74) is 0. The molecule has 5 nitrogen and oxygen atoms in total. The molecule has 1 radical (unpaired) electrons. The van der Waals surface area contributed by atoms with Crippen LogP contribution in [0, 0.1) is 0 Å². The van der Waals surface area contributed by atoms with E-state index >= 15 is 0 Å². The molecule has 2 atom stereocenters. The van der Waals surface area contributed by atoms with Gasteiger partial charge in [-0.1, -0.05) is 0 Å². The first kappa shape index (κ1) is 14.6. The summed E-state index contributed by atoms with van der Waals surface area (Å²) in [5, 5.41) is 8.77. The number of methoxy groups -OCH3 is 1. The quantitative estimate of drug-likeness (QED) is 0.401. The Morgan fingerprint density at radius 1 is 1.45 bits per heavy atom. The van der Waals surface area contributed by atoms with Gasteiger partial charge in [-0.3, -0.25) is 4.57 Å². The van der Waals surface area contributed by atoms with Gasteiger partial charge >= 0.3 is 7.60 Å². The Labute approximate surface area is 87.2 Å². The molecule has 0 saturated heterocycles.